The Kier molecular flexibility index (Phi) is 3.24. The third-order valence-corrected chi connectivity index (χ3v) is 2.50. The van der Waals surface area contributed by atoms with Gasteiger partial charge in [0.05, 0.1) is 6.17 Å². The fourth-order valence-electron chi connectivity index (χ4n) is 1.71. The first-order valence-electron chi connectivity index (χ1n) is 4.37. The minimum absolute atomic E-state index is 0.00861. The van der Waals surface area contributed by atoms with Crippen LogP contribution in [0.15, 0.2) is 0 Å². The molecule has 0 aromatic heterocycles. The van der Waals surface area contributed by atoms with Gasteiger partial charge in [-0.15, -0.1) is 0 Å². The third-order valence-electron chi connectivity index (χ3n) is 2.50. The van der Waals surface area contributed by atoms with E-state index in [1.807, 2.05) is 11.9 Å². The highest BCUT2D eigenvalue weighted by Crippen LogP contribution is 2.17. The molecular formula is C8H16N2O3. The van der Waals surface area contributed by atoms with Crippen molar-refractivity contribution in [3.63, 3.8) is 0 Å². The van der Waals surface area contributed by atoms with Gasteiger partial charge in [0.25, 0.3) is 5.91 Å². The van der Waals surface area contributed by atoms with Gasteiger partial charge in [0, 0.05) is 7.05 Å². The Morgan fingerprint density at radius 3 is 2.62 bits per heavy atom. The number of hydrogen-bond donors (Lipinski definition) is 2. The minimum atomic E-state index is -1.89. The molecule has 1 rings (SSSR count). The number of hydrogen-bond acceptors (Lipinski definition) is 4. The normalized spacial score (nSPS) is 23.9. The summed E-state index contributed by atoms with van der Waals surface area (Å²) < 4.78 is 0. The number of likely N-dealkylation sites (tertiary alicyclic amines) is 1. The first-order chi connectivity index (χ1) is 6.04. The highest BCUT2D eigenvalue weighted by atomic mass is 16.5. The average molecular weight is 188 g/mol. The van der Waals surface area contributed by atoms with Gasteiger partial charge in [-0.05, 0) is 26.4 Å². The van der Waals surface area contributed by atoms with Gasteiger partial charge in [-0.3, -0.25) is 9.69 Å². The summed E-state index contributed by atoms with van der Waals surface area (Å²) in [4.78, 5) is 14.6. The number of carbonyl (C=O) groups is 1. The molecule has 1 aliphatic rings. The van der Waals surface area contributed by atoms with Crippen molar-refractivity contribution in [2.24, 2.45) is 0 Å². The molecule has 1 atom stereocenters. The van der Waals surface area contributed by atoms with Crippen molar-refractivity contribution in [1.82, 2.24) is 9.80 Å². The Hall–Kier alpha value is -0.650. The van der Waals surface area contributed by atoms with E-state index in [2.05, 4.69) is 0 Å². The van der Waals surface area contributed by atoms with Crippen molar-refractivity contribution < 1.29 is 15.0 Å². The number of nitrogens with zero attached hydrogens (tertiary/aromatic N) is 2. The summed E-state index contributed by atoms with van der Waals surface area (Å²) in [6, 6.07) is 0. The van der Waals surface area contributed by atoms with Crippen LogP contribution in [0, 0.1) is 0 Å². The molecule has 0 spiro atoms. The lowest BCUT2D eigenvalue weighted by Gasteiger charge is -2.30. The maximum atomic E-state index is 11.2. The predicted molar refractivity (Wildman–Crippen MR) is 46.6 cm³/mol. The van der Waals surface area contributed by atoms with E-state index in [0.717, 1.165) is 19.4 Å². The molecule has 0 bridgehead atoms. The van der Waals surface area contributed by atoms with Crippen LogP contribution in [0.3, 0.4) is 0 Å². The van der Waals surface area contributed by atoms with Crippen LogP contribution in [0.2, 0.25) is 0 Å². The molecule has 1 unspecified atom stereocenters. The van der Waals surface area contributed by atoms with Gasteiger partial charge in [0.2, 0.25) is 6.29 Å². The smallest absolute Gasteiger partial charge is 0.280 e. The van der Waals surface area contributed by atoms with Crippen LogP contribution in [-0.4, -0.2) is 59.0 Å². The molecule has 0 radical (unpaired) electrons. The molecule has 5 nitrogen and oxygen atoms in total. The number of likely N-dealkylation sites (N-methyl/N-ethyl adjacent to an activating group) is 1. The number of amides is 1. The van der Waals surface area contributed by atoms with Gasteiger partial charge < -0.3 is 15.1 Å². The van der Waals surface area contributed by atoms with Gasteiger partial charge >= 0.3 is 0 Å². The van der Waals surface area contributed by atoms with Crippen LogP contribution < -0.4 is 0 Å². The largest absolute Gasteiger partial charge is 0.361 e. The van der Waals surface area contributed by atoms with Gasteiger partial charge in [-0.2, -0.15) is 0 Å². The standard InChI is InChI=1S/C8H16N2O3/c1-9-5-3-4-6(9)10(2)7(11)8(12)13/h6,8,12-13H,3-5H2,1-2H3. The highest BCUT2D eigenvalue weighted by molar-refractivity contribution is 5.79. The maximum absolute atomic E-state index is 11.2. The molecule has 1 aliphatic heterocycles. The number of rotatable bonds is 2. The fourth-order valence-corrected chi connectivity index (χ4v) is 1.71. The van der Waals surface area contributed by atoms with Crippen molar-refractivity contribution in [2.75, 3.05) is 20.6 Å². The van der Waals surface area contributed by atoms with Gasteiger partial charge in [0.1, 0.15) is 0 Å². The van der Waals surface area contributed by atoms with E-state index in [9.17, 15) is 4.79 Å². The summed E-state index contributed by atoms with van der Waals surface area (Å²) in [6.07, 6.45) is 0.0551. The molecule has 5 heteroatoms. The van der Waals surface area contributed by atoms with E-state index in [4.69, 9.17) is 10.2 Å². The molecule has 1 fully saturated rings. The zero-order valence-electron chi connectivity index (χ0n) is 7.97. The number of carbonyl (C=O) groups excluding carboxylic acids is 1. The summed E-state index contributed by atoms with van der Waals surface area (Å²) in [5.74, 6) is -0.640. The van der Waals surface area contributed by atoms with Gasteiger partial charge in [-0.25, -0.2) is 0 Å². The third kappa shape index (κ3) is 2.18. The Bertz CT molecular complexity index is 196. The molecule has 13 heavy (non-hydrogen) atoms. The van der Waals surface area contributed by atoms with E-state index < -0.39 is 12.2 Å². The quantitative estimate of drug-likeness (QED) is 0.535. The van der Waals surface area contributed by atoms with Crippen LogP contribution in [0.25, 0.3) is 0 Å². The first-order valence-corrected chi connectivity index (χ1v) is 4.37. The van der Waals surface area contributed by atoms with Crippen LogP contribution in [0.5, 0.6) is 0 Å². The first kappa shape index (κ1) is 10.4. The lowest BCUT2D eigenvalue weighted by atomic mass is 10.3. The second-order valence-electron chi connectivity index (χ2n) is 3.43. The molecule has 0 aromatic rings. The summed E-state index contributed by atoms with van der Waals surface area (Å²) >= 11 is 0. The Labute approximate surface area is 77.6 Å². The minimum Gasteiger partial charge on any atom is -0.361 e. The second kappa shape index (κ2) is 4.04. The zero-order chi connectivity index (χ0) is 10.0. The topological polar surface area (TPSA) is 64.0 Å². The summed E-state index contributed by atoms with van der Waals surface area (Å²) in [5.41, 5.74) is 0. The predicted octanol–water partition coefficient (Wildman–Crippen LogP) is -1.19. The molecule has 1 amide bonds. The van der Waals surface area contributed by atoms with E-state index in [1.54, 1.807) is 7.05 Å². The molecular weight excluding hydrogens is 172 g/mol. The van der Waals surface area contributed by atoms with Gasteiger partial charge in [-0.1, -0.05) is 0 Å². The SMILES string of the molecule is CN1CCCC1N(C)C(=O)C(O)O. The summed E-state index contributed by atoms with van der Waals surface area (Å²) in [7, 11) is 3.51. The highest BCUT2D eigenvalue weighted by Gasteiger charge is 2.29. The van der Waals surface area contributed by atoms with E-state index >= 15 is 0 Å². The Balaban J connectivity index is 2.56. The molecule has 76 valence electrons. The Morgan fingerprint density at radius 1 is 1.62 bits per heavy atom. The summed E-state index contributed by atoms with van der Waals surface area (Å²) in [5, 5.41) is 17.4. The Morgan fingerprint density at radius 2 is 2.23 bits per heavy atom. The van der Waals surface area contributed by atoms with Crippen LogP contribution in [0.4, 0.5) is 0 Å². The zero-order valence-corrected chi connectivity index (χ0v) is 7.97. The monoisotopic (exact) mass is 188 g/mol. The summed E-state index contributed by atoms with van der Waals surface area (Å²) in [6.45, 7) is 0.948. The van der Waals surface area contributed by atoms with Crippen molar-refractivity contribution in [2.45, 2.75) is 25.3 Å². The van der Waals surface area contributed by atoms with Crippen molar-refractivity contribution >= 4 is 5.91 Å². The fraction of sp³-hybridized carbons (Fsp3) is 0.875. The molecule has 1 heterocycles. The van der Waals surface area contributed by atoms with Crippen LogP contribution >= 0.6 is 0 Å². The van der Waals surface area contributed by atoms with E-state index in [0.29, 0.717) is 0 Å². The van der Waals surface area contributed by atoms with E-state index in [1.165, 1.54) is 4.90 Å². The second-order valence-corrected chi connectivity index (χ2v) is 3.43. The molecule has 0 aliphatic carbocycles. The number of aliphatic hydroxyl groups excluding tert-OH is 1. The van der Waals surface area contributed by atoms with Crippen molar-refractivity contribution in [3.8, 4) is 0 Å². The lowest BCUT2D eigenvalue weighted by Crippen LogP contribution is -2.47. The van der Waals surface area contributed by atoms with Crippen molar-refractivity contribution in [1.29, 1.82) is 0 Å². The molecule has 1 saturated heterocycles. The average Bonchev–Trinajstić information content (AvgIpc) is 2.48. The van der Waals surface area contributed by atoms with Crippen LogP contribution in [0.1, 0.15) is 12.8 Å². The molecule has 0 aromatic carbocycles. The number of aliphatic hydroxyl groups is 2. The maximum Gasteiger partial charge on any atom is 0.280 e. The molecule has 0 saturated carbocycles. The molecule has 2 N–H and O–H groups in total. The lowest BCUT2D eigenvalue weighted by molar-refractivity contribution is -0.162. The van der Waals surface area contributed by atoms with Crippen LogP contribution in [-0.2, 0) is 4.79 Å². The van der Waals surface area contributed by atoms with Crippen molar-refractivity contribution in [3.05, 3.63) is 0 Å². The van der Waals surface area contributed by atoms with Gasteiger partial charge in [0.15, 0.2) is 0 Å². The van der Waals surface area contributed by atoms with E-state index in [-0.39, 0.29) is 6.17 Å².